The summed E-state index contributed by atoms with van der Waals surface area (Å²) in [7, 11) is 0. The lowest BCUT2D eigenvalue weighted by Gasteiger charge is -2.07. The maximum atomic E-state index is 10.9. The topological polar surface area (TPSA) is 90.2 Å². The summed E-state index contributed by atoms with van der Waals surface area (Å²) >= 11 is 0. The van der Waals surface area contributed by atoms with E-state index in [9.17, 15) is 10.1 Å². The molecule has 0 radical (unpaired) electrons. The summed E-state index contributed by atoms with van der Waals surface area (Å²) in [5.41, 5.74) is -0.210. The molecule has 1 aromatic rings. The summed E-state index contributed by atoms with van der Waals surface area (Å²) in [6, 6.07) is 0. The molecule has 0 amide bonds. The lowest BCUT2D eigenvalue weighted by atomic mass is 10.4. The first-order valence-electron chi connectivity index (χ1n) is 5.06. The van der Waals surface area contributed by atoms with Crippen LogP contribution in [0.15, 0.2) is 6.33 Å². The molecule has 0 aromatic carbocycles. The Labute approximate surface area is 93.0 Å². The van der Waals surface area contributed by atoms with Gasteiger partial charge in [-0.15, -0.1) is 0 Å². The molecule has 0 saturated heterocycles. The van der Waals surface area contributed by atoms with Gasteiger partial charge in [-0.25, -0.2) is 4.98 Å². The zero-order chi connectivity index (χ0) is 12.0. The van der Waals surface area contributed by atoms with Crippen molar-refractivity contribution >= 4 is 11.5 Å². The van der Waals surface area contributed by atoms with Crippen molar-refractivity contribution in [2.24, 2.45) is 0 Å². The third-order valence-electron chi connectivity index (χ3n) is 1.79. The van der Waals surface area contributed by atoms with Gasteiger partial charge in [0.2, 0.25) is 5.82 Å². The van der Waals surface area contributed by atoms with E-state index in [0.29, 0.717) is 13.2 Å². The van der Waals surface area contributed by atoms with E-state index in [1.165, 1.54) is 6.33 Å². The van der Waals surface area contributed by atoms with Crippen LogP contribution in [-0.2, 0) is 0 Å². The first-order chi connectivity index (χ1) is 7.70. The largest absolute Gasteiger partial charge is 0.473 e. The minimum absolute atomic E-state index is 0.00102. The number of aromatic nitrogens is 2. The average Bonchev–Trinajstić information content (AvgIpc) is 2.26. The summed E-state index contributed by atoms with van der Waals surface area (Å²) in [6.45, 7) is 4.64. The molecule has 1 aromatic heterocycles. The molecule has 7 heteroatoms. The second-order valence-corrected chi connectivity index (χ2v) is 2.99. The molecule has 0 fully saturated rings. The van der Waals surface area contributed by atoms with E-state index in [-0.39, 0.29) is 17.4 Å². The van der Waals surface area contributed by atoms with Gasteiger partial charge < -0.3 is 10.1 Å². The highest BCUT2D eigenvalue weighted by Gasteiger charge is 2.23. The molecule has 1 heterocycles. The van der Waals surface area contributed by atoms with Crippen molar-refractivity contribution in [3.63, 3.8) is 0 Å². The molecule has 0 atom stereocenters. The highest BCUT2D eigenvalue weighted by Crippen LogP contribution is 2.30. The van der Waals surface area contributed by atoms with Crippen LogP contribution in [0.25, 0.3) is 0 Å². The SMILES string of the molecule is CCCNc1ncnc(OCC)c1[N+](=O)[O-]. The molecule has 0 spiro atoms. The zero-order valence-electron chi connectivity index (χ0n) is 9.27. The van der Waals surface area contributed by atoms with Crippen LogP contribution in [-0.4, -0.2) is 28.0 Å². The van der Waals surface area contributed by atoms with Crippen LogP contribution in [0.1, 0.15) is 20.3 Å². The van der Waals surface area contributed by atoms with Gasteiger partial charge in [-0.2, -0.15) is 4.98 Å². The van der Waals surface area contributed by atoms with Gasteiger partial charge in [0.1, 0.15) is 6.33 Å². The molecular formula is C9H14N4O3. The molecule has 0 unspecified atom stereocenters. The first-order valence-corrected chi connectivity index (χ1v) is 5.06. The monoisotopic (exact) mass is 226 g/mol. The highest BCUT2D eigenvalue weighted by atomic mass is 16.6. The standard InChI is InChI=1S/C9H14N4O3/c1-3-5-10-8-7(13(14)15)9(16-4-2)12-6-11-8/h6H,3-5H2,1-2H3,(H,10,11,12). The Hall–Kier alpha value is -1.92. The number of ether oxygens (including phenoxy) is 1. The molecule has 7 nitrogen and oxygen atoms in total. The number of hydrogen-bond acceptors (Lipinski definition) is 6. The van der Waals surface area contributed by atoms with Gasteiger partial charge in [-0.05, 0) is 13.3 Å². The Morgan fingerprint density at radius 2 is 2.25 bits per heavy atom. The van der Waals surface area contributed by atoms with E-state index in [2.05, 4.69) is 15.3 Å². The smallest absolute Gasteiger partial charge is 0.372 e. The Kier molecular flexibility index (Phi) is 4.43. The Morgan fingerprint density at radius 3 is 2.81 bits per heavy atom. The molecule has 0 aliphatic carbocycles. The van der Waals surface area contributed by atoms with Crippen molar-refractivity contribution in [2.75, 3.05) is 18.5 Å². The second-order valence-electron chi connectivity index (χ2n) is 2.99. The van der Waals surface area contributed by atoms with Gasteiger partial charge in [0.15, 0.2) is 0 Å². The maximum absolute atomic E-state index is 10.9. The summed E-state index contributed by atoms with van der Waals surface area (Å²) in [6.07, 6.45) is 2.10. The minimum Gasteiger partial charge on any atom is -0.473 e. The molecule has 1 rings (SSSR count). The molecular weight excluding hydrogens is 212 g/mol. The van der Waals surface area contributed by atoms with Gasteiger partial charge >= 0.3 is 5.69 Å². The second kappa shape index (κ2) is 5.84. The lowest BCUT2D eigenvalue weighted by molar-refractivity contribution is -0.385. The van der Waals surface area contributed by atoms with E-state index in [4.69, 9.17) is 4.74 Å². The quantitative estimate of drug-likeness (QED) is 0.585. The van der Waals surface area contributed by atoms with Crippen LogP contribution in [0, 0.1) is 10.1 Å². The molecule has 1 N–H and O–H groups in total. The molecule has 88 valence electrons. The van der Waals surface area contributed by atoms with E-state index in [1.807, 2.05) is 6.92 Å². The molecule has 0 aliphatic rings. The number of nitrogens with zero attached hydrogens (tertiary/aromatic N) is 3. The maximum Gasteiger partial charge on any atom is 0.372 e. The van der Waals surface area contributed by atoms with Gasteiger partial charge in [0.05, 0.1) is 11.5 Å². The van der Waals surface area contributed by atoms with Gasteiger partial charge in [0, 0.05) is 6.54 Å². The van der Waals surface area contributed by atoms with E-state index in [1.54, 1.807) is 6.92 Å². The molecule has 16 heavy (non-hydrogen) atoms. The first kappa shape index (κ1) is 12.2. The molecule has 0 saturated carbocycles. The fraction of sp³-hybridized carbons (Fsp3) is 0.556. The summed E-state index contributed by atoms with van der Waals surface area (Å²) in [5.74, 6) is 0.200. The Bertz CT molecular complexity index is 370. The Balaban J connectivity index is 3.05. The van der Waals surface area contributed by atoms with Crippen LogP contribution in [0.3, 0.4) is 0 Å². The Morgan fingerprint density at radius 1 is 1.50 bits per heavy atom. The van der Waals surface area contributed by atoms with Crippen LogP contribution in [0.5, 0.6) is 5.88 Å². The number of nitrogens with one attached hydrogen (secondary N) is 1. The number of anilines is 1. The van der Waals surface area contributed by atoms with Crippen molar-refractivity contribution in [3.05, 3.63) is 16.4 Å². The van der Waals surface area contributed by atoms with Crippen molar-refractivity contribution in [1.29, 1.82) is 0 Å². The average molecular weight is 226 g/mol. The van der Waals surface area contributed by atoms with E-state index in [0.717, 1.165) is 6.42 Å². The van der Waals surface area contributed by atoms with Crippen LogP contribution in [0.2, 0.25) is 0 Å². The summed E-state index contributed by atoms with van der Waals surface area (Å²) in [5, 5.41) is 13.8. The van der Waals surface area contributed by atoms with Crippen LogP contribution in [0.4, 0.5) is 11.5 Å². The number of nitro groups is 1. The van der Waals surface area contributed by atoms with Crippen LogP contribution < -0.4 is 10.1 Å². The minimum atomic E-state index is -0.539. The molecule has 0 aliphatic heterocycles. The van der Waals surface area contributed by atoms with Gasteiger partial charge in [-0.3, -0.25) is 10.1 Å². The van der Waals surface area contributed by atoms with Crippen molar-refractivity contribution in [2.45, 2.75) is 20.3 Å². The predicted octanol–water partition coefficient (Wildman–Crippen LogP) is 1.61. The third-order valence-corrected chi connectivity index (χ3v) is 1.79. The lowest BCUT2D eigenvalue weighted by Crippen LogP contribution is -2.08. The summed E-state index contributed by atoms with van der Waals surface area (Å²) in [4.78, 5) is 17.9. The van der Waals surface area contributed by atoms with Gasteiger partial charge in [0.25, 0.3) is 5.88 Å². The number of rotatable bonds is 6. The van der Waals surface area contributed by atoms with E-state index < -0.39 is 4.92 Å². The summed E-state index contributed by atoms with van der Waals surface area (Å²) < 4.78 is 5.09. The fourth-order valence-corrected chi connectivity index (χ4v) is 1.14. The highest BCUT2D eigenvalue weighted by molar-refractivity contribution is 5.60. The van der Waals surface area contributed by atoms with Crippen molar-refractivity contribution < 1.29 is 9.66 Å². The predicted molar refractivity (Wildman–Crippen MR) is 58.6 cm³/mol. The van der Waals surface area contributed by atoms with E-state index >= 15 is 0 Å². The zero-order valence-corrected chi connectivity index (χ0v) is 9.27. The van der Waals surface area contributed by atoms with Crippen molar-refractivity contribution in [3.8, 4) is 5.88 Å². The number of hydrogen-bond donors (Lipinski definition) is 1. The normalized spacial score (nSPS) is 9.88. The molecule has 0 bridgehead atoms. The van der Waals surface area contributed by atoms with Crippen molar-refractivity contribution in [1.82, 2.24) is 9.97 Å². The third kappa shape index (κ3) is 2.78. The van der Waals surface area contributed by atoms with Crippen LogP contribution >= 0.6 is 0 Å². The van der Waals surface area contributed by atoms with Gasteiger partial charge in [-0.1, -0.05) is 6.92 Å². The fourth-order valence-electron chi connectivity index (χ4n) is 1.14.